The Morgan fingerprint density at radius 2 is 1.70 bits per heavy atom. The first kappa shape index (κ1) is 19.2. The van der Waals surface area contributed by atoms with Gasteiger partial charge in [0.25, 0.3) is 5.91 Å². The Bertz CT molecular complexity index is 988. The van der Waals surface area contributed by atoms with Crippen LogP contribution in [0.2, 0.25) is 10.0 Å². The van der Waals surface area contributed by atoms with Gasteiger partial charge in [0.05, 0.1) is 18.3 Å². The number of amides is 1. The molecule has 0 radical (unpaired) electrons. The van der Waals surface area contributed by atoms with Crippen molar-refractivity contribution in [1.82, 2.24) is 0 Å². The third kappa shape index (κ3) is 3.51. The summed E-state index contributed by atoms with van der Waals surface area (Å²) in [5.41, 5.74) is 3.03. The first-order valence-electron chi connectivity index (χ1n) is 8.21. The summed E-state index contributed by atoms with van der Waals surface area (Å²) >= 11 is 12.5. The monoisotopic (exact) mass is 401 g/mol. The fourth-order valence-corrected chi connectivity index (χ4v) is 3.56. The number of esters is 1. The number of carbonyl (C=O) groups is 2. The maximum absolute atomic E-state index is 13.2. The van der Waals surface area contributed by atoms with Gasteiger partial charge in [0.15, 0.2) is 0 Å². The summed E-state index contributed by atoms with van der Waals surface area (Å²) < 4.78 is 4.91. The molecule has 0 saturated heterocycles. The zero-order valence-corrected chi connectivity index (χ0v) is 16.6. The molecule has 1 aliphatic heterocycles. The van der Waals surface area contributed by atoms with Crippen LogP contribution in [0.1, 0.15) is 18.1 Å². The van der Waals surface area contributed by atoms with Gasteiger partial charge in [-0.3, -0.25) is 9.69 Å². The highest BCUT2D eigenvalue weighted by atomic mass is 35.5. The van der Waals surface area contributed by atoms with Crippen molar-refractivity contribution < 1.29 is 14.3 Å². The van der Waals surface area contributed by atoms with Crippen molar-refractivity contribution in [3.05, 3.63) is 80.5 Å². The molecular weight excluding hydrogens is 385 g/mol. The van der Waals surface area contributed by atoms with E-state index >= 15 is 0 Å². The average Bonchev–Trinajstić information content (AvgIpc) is 2.87. The van der Waals surface area contributed by atoms with E-state index in [2.05, 4.69) is 0 Å². The summed E-state index contributed by atoms with van der Waals surface area (Å²) in [6.45, 7) is 3.64. The minimum absolute atomic E-state index is 0.191. The Hall–Kier alpha value is -2.56. The SMILES string of the molecule is COC(=O)C1=C(C)N(c2cccc(C)c2)C(=O)/C1=C\c1c(Cl)cccc1Cl. The van der Waals surface area contributed by atoms with E-state index in [1.54, 1.807) is 31.2 Å². The van der Waals surface area contributed by atoms with Gasteiger partial charge in [-0.2, -0.15) is 0 Å². The fraction of sp³-hybridized carbons (Fsp3) is 0.143. The zero-order chi connectivity index (χ0) is 19.7. The van der Waals surface area contributed by atoms with Crippen LogP contribution in [0.15, 0.2) is 59.3 Å². The maximum atomic E-state index is 13.2. The summed E-state index contributed by atoms with van der Waals surface area (Å²) in [5, 5.41) is 0.775. The molecule has 0 unspecified atom stereocenters. The average molecular weight is 402 g/mol. The third-order valence-electron chi connectivity index (χ3n) is 4.34. The summed E-state index contributed by atoms with van der Waals surface area (Å²) in [6, 6.07) is 12.5. The van der Waals surface area contributed by atoms with E-state index in [1.807, 2.05) is 31.2 Å². The number of anilines is 1. The highest BCUT2D eigenvalue weighted by Gasteiger charge is 2.38. The van der Waals surface area contributed by atoms with Crippen LogP contribution in [-0.4, -0.2) is 19.0 Å². The van der Waals surface area contributed by atoms with Gasteiger partial charge in [-0.25, -0.2) is 4.79 Å². The highest BCUT2D eigenvalue weighted by Crippen LogP contribution is 2.37. The number of rotatable bonds is 3. The normalized spacial score (nSPS) is 15.7. The lowest BCUT2D eigenvalue weighted by Gasteiger charge is -2.18. The molecule has 4 nitrogen and oxygen atoms in total. The second kappa shape index (κ2) is 7.59. The van der Waals surface area contributed by atoms with Crippen LogP contribution in [-0.2, 0) is 14.3 Å². The minimum Gasteiger partial charge on any atom is -0.465 e. The van der Waals surface area contributed by atoms with Gasteiger partial charge in [0.2, 0.25) is 0 Å². The molecule has 0 fully saturated rings. The predicted octanol–water partition coefficient (Wildman–Crippen LogP) is 5.18. The van der Waals surface area contributed by atoms with Crippen molar-refractivity contribution in [2.75, 3.05) is 12.0 Å². The number of nitrogens with zero attached hydrogens (tertiary/aromatic N) is 1. The van der Waals surface area contributed by atoms with Crippen LogP contribution in [0, 0.1) is 6.92 Å². The third-order valence-corrected chi connectivity index (χ3v) is 5.00. The molecule has 1 heterocycles. The molecule has 0 saturated carbocycles. The molecule has 6 heteroatoms. The Morgan fingerprint density at radius 3 is 2.30 bits per heavy atom. The summed E-state index contributed by atoms with van der Waals surface area (Å²) in [6.07, 6.45) is 1.54. The number of benzene rings is 2. The summed E-state index contributed by atoms with van der Waals surface area (Å²) in [7, 11) is 1.28. The number of hydrogen-bond donors (Lipinski definition) is 0. The van der Waals surface area contributed by atoms with Gasteiger partial charge in [0.1, 0.15) is 0 Å². The minimum atomic E-state index is -0.592. The van der Waals surface area contributed by atoms with Crippen molar-refractivity contribution in [2.45, 2.75) is 13.8 Å². The van der Waals surface area contributed by atoms with Crippen LogP contribution < -0.4 is 4.90 Å². The first-order valence-corrected chi connectivity index (χ1v) is 8.97. The number of aryl methyl sites for hydroxylation is 1. The molecule has 0 bridgehead atoms. The number of carbonyl (C=O) groups excluding carboxylic acids is 2. The molecule has 27 heavy (non-hydrogen) atoms. The van der Waals surface area contributed by atoms with Crippen LogP contribution in [0.4, 0.5) is 5.69 Å². The van der Waals surface area contributed by atoms with E-state index in [1.165, 1.54) is 12.0 Å². The van der Waals surface area contributed by atoms with E-state index in [-0.39, 0.29) is 17.1 Å². The molecule has 1 amide bonds. The smallest absolute Gasteiger partial charge is 0.340 e. The Balaban J connectivity index is 2.21. The van der Waals surface area contributed by atoms with Crippen molar-refractivity contribution >= 4 is 46.8 Å². The van der Waals surface area contributed by atoms with Gasteiger partial charge in [-0.1, -0.05) is 41.4 Å². The topological polar surface area (TPSA) is 46.6 Å². The number of methoxy groups -OCH3 is 1. The number of hydrogen-bond acceptors (Lipinski definition) is 3. The van der Waals surface area contributed by atoms with E-state index in [4.69, 9.17) is 27.9 Å². The summed E-state index contributed by atoms with van der Waals surface area (Å²) in [4.78, 5) is 27.1. The molecule has 0 N–H and O–H groups in total. The largest absolute Gasteiger partial charge is 0.465 e. The molecule has 0 atom stereocenters. The van der Waals surface area contributed by atoms with Gasteiger partial charge in [0, 0.05) is 27.0 Å². The second-order valence-electron chi connectivity index (χ2n) is 6.12. The van der Waals surface area contributed by atoms with E-state index in [0.29, 0.717) is 27.0 Å². The van der Waals surface area contributed by atoms with E-state index in [9.17, 15) is 9.59 Å². The Labute approximate surface area is 167 Å². The zero-order valence-electron chi connectivity index (χ0n) is 15.0. The molecule has 2 aromatic rings. The van der Waals surface area contributed by atoms with Gasteiger partial charge < -0.3 is 4.74 Å². The van der Waals surface area contributed by atoms with Gasteiger partial charge in [-0.05, 0) is 49.8 Å². The first-order chi connectivity index (χ1) is 12.8. The molecule has 0 spiro atoms. The van der Waals surface area contributed by atoms with Crippen molar-refractivity contribution in [3.63, 3.8) is 0 Å². The maximum Gasteiger partial charge on any atom is 0.340 e. The van der Waals surface area contributed by atoms with Crippen LogP contribution >= 0.6 is 23.2 Å². The molecule has 138 valence electrons. The fourth-order valence-electron chi connectivity index (χ4n) is 3.05. The number of allylic oxidation sites excluding steroid dienone is 1. The molecule has 0 aromatic heterocycles. The molecular formula is C21H17Cl2NO3. The molecule has 1 aliphatic rings. The standard InChI is InChI=1S/C21H17Cl2NO3/c1-12-6-4-7-14(10-12)24-13(2)19(21(26)27-3)16(20(24)25)11-15-17(22)8-5-9-18(15)23/h4-11H,1-3H3/b16-11-. The number of ether oxygens (including phenoxy) is 1. The van der Waals surface area contributed by atoms with Crippen LogP contribution in [0.25, 0.3) is 6.08 Å². The highest BCUT2D eigenvalue weighted by molar-refractivity contribution is 6.37. The second-order valence-corrected chi connectivity index (χ2v) is 6.94. The van der Waals surface area contributed by atoms with Crippen LogP contribution in [0.3, 0.4) is 0 Å². The molecule has 2 aromatic carbocycles. The predicted molar refractivity (Wildman–Crippen MR) is 108 cm³/mol. The Morgan fingerprint density at radius 1 is 1.07 bits per heavy atom. The van der Waals surface area contributed by atoms with Crippen molar-refractivity contribution in [1.29, 1.82) is 0 Å². The van der Waals surface area contributed by atoms with Crippen LogP contribution in [0.5, 0.6) is 0 Å². The van der Waals surface area contributed by atoms with Gasteiger partial charge >= 0.3 is 5.97 Å². The quantitative estimate of drug-likeness (QED) is 0.525. The molecule has 0 aliphatic carbocycles. The lowest BCUT2D eigenvalue weighted by molar-refractivity contribution is -0.136. The lowest BCUT2D eigenvalue weighted by atomic mass is 10.0. The van der Waals surface area contributed by atoms with E-state index < -0.39 is 5.97 Å². The van der Waals surface area contributed by atoms with E-state index in [0.717, 1.165) is 5.56 Å². The van der Waals surface area contributed by atoms with Gasteiger partial charge in [-0.15, -0.1) is 0 Å². The molecule has 3 rings (SSSR count). The summed E-state index contributed by atoms with van der Waals surface area (Å²) in [5.74, 6) is -0.931. The Kier molecular flexibility index (Phi) is 5.40. The van der Waals surface area contributed by atoms with Crippen molar-refractivity contribution in [3.8, 4) is 0 Å². The number of halogens is 2. The van der Waals surface area contributed by atoms with Crippen molar-refractivity contribution in [2.24, 2.45) is 0 Å². The lowest BCUT2D eigenvalue weighted by Crippen LogP contribution is -2.24.